The van der Waals surface area contributed by atoms with Crippen molar-refractivity contribution in [1.29, 1.82) is 0 Å². The molecule has 4 heteroatoms. The summed E-state index contributed by atoms with van der Waals surface area (Å²) < 4.78 is 5.35. The van der Waals surface area contributed by atoms with Crippen molar-refractivity contribution >= 4 is 16.7 Å². The summed E-state index contributed by atoms with van der Waals surface area (Å²) in [6.07, 6.45) is 3.83. The van der Waals surface area contributed by atoms with E-state index in [1.807, 2.05) is 42.6 Å². The molecule has 0 saturated heterocycles. The van der Waals surface area contributed by atoms with Gasteiger partial charge in [-0.1, -0.05) is 36.4 Å². The van der Waals surface area contributed by atoms with Crippen LogP contribution in [0, 0.1) is 0 Å². The SMILES string of the molecule is COc1cccc(NC(c2ccccc2)c2c[nH]c3ncccc23)c1. The highest BCUT2D eigenvalue weighted by Gasteiger charge is 2.18. The molecule has 4 nitrogen and oxygen atoms in total. The molecule has 1 unspecified atom stereocenters. The number of hydrogen-bond donors (Lipinski definition) is 2. The molecular weight excluding hydrogens is 310 g/mol. The highest BCUT2D eigenvalue weighted by Crippen LogP contribution is 2.32. The van der Waals surface area contributed by atoms with Gasteiger partial charge in [0.15, 0.2) is 0 Å². The van der Waals surface area contributed by atoms with Crippen molar-refractivity contribution in [3.63, 3.8) is 0 Å². The first kappa shape index (κ1) is 15.3. The Kier molecular flexibility index (Phi) is 4.09. The lowest BCUT2D eigenvalue weighted by atomic mass is 9.98. The molecule has 0 aliphatic carbocycles. The molecule has 0 fully saturated rings. The summed E-state index contributed by atoms with van der Waals surface area (Å²) >= 11 is 0. The van der Waals surface area contributed by atoms with Crippen LogP contribution in [0.3, 0.4) is 0 Å². The molecule has 0 saturated carbocycles. The summed E-state index contributed by atoms with van der Waals surface area (Å²) in [5.74, 6) is 0.831. The number of fused-ring (bicyclic) bond motifs is 1. The fourth-order valence-electron chi connectivity index (χ4n) is 3.08. The number of rotatable bonds is 5. The van der Waals surface area contributed by atoms with E-state index in [1.54, 1.807) is 13.3 Å². The predicted molar refractivity (Wildman–Crippen MR) is 101 cm³/mol. The lowest BCUT2D eigenvalue weighted by Crippen LogP contribution is -2.12. The van der Waals surface area contributed by atoms with E-state index >= 15 is 0 Å². The van der Waals surface area contributed by atoms with Crippen LogP contribution in [0.1, 0.15) is 17.2 Å². The van der Waals surface area contributed by atoms with Crippen LogP contribution in [0.5, 0.6) is 5.75 Å². The normalized spacial score (nSPS) is 12.0. The van der Waals surface area contributed by atoms with E-state index in [2.05, 4.69) is 45.6 Å². The maximum atomic E-state index is 5.35. The zero-order valence-electron chi connectivity index (χ0n) is 13.9. The van der Waals surface area contributed by atoms with Crippen LogP contribution in [0.2, 0.25) is 0 Å². The van der Waals surface area contributed by atoms with Crippen molar-refractivity contribution in [1.82, 2.24) is 9.97 Å². The topological polar surface area (TPSA) is 49.9 Å². The van der Waals surface area contributed by atoms with Gasteiger partial charge in [-0.3, -0.25) is 0 Å². The fourth-order valence-corrected chi connectivity index (χ4v) is 3.08. The van der Waals surface area contributed by atoms with Gasteiger partial charge < -0.3 is 15.0 Å². The Hall–Kier alpha value is -3.27. The molecule has 4 aromatic rings. The van der Waals surface area contributed by atoms with Crippen molar-refractivity contribution in [2.75, 3.05) is 12.4 Å². The average molecular weight is 329 g/mol. The van der Waals surface area contributed by atoms with E-state index in [9.17, 15) is 0 Å². The number of anilines is 1. The van der Waals surface area contributed by atoms with Crippen molar-refractivity contribution in [3.05, 3.63) is 90.3 Å². The molecule has 124 valence electrons. The number of hydrogen-bond acceptors (Lipinski definition) is 3. The first-order valence-corrected chi connectivity index (χ1v) is 8.22. The smallest absolute Gasteiger partial charge is 0.137 e. The van der Waals surface area contributed by atoms with E-state index in [1.165, 1.54) is 5.56 Å². The van der Waals surface area contributed by atoms with E-state index in [4.69, 9.17) is 4.74 Å². The third-order valence-corrected chi connectivity index (χ3v) is 4.31. The standard InChI is InChI=1S/C21H19N3O/c1-25-17-10-5-9-16(13-17)24-20(15-7-3-2-4-8-15)19-14-23-21-18(19)11-6-12-22-21/h2-14,20,24H,1H3,(H,22,23). The zero-order chi connectivity index (χ0) is 17.1. The largest absolute Gasteiger partial charge is 0.497 e. The van der Waals surface area contributed by atoms with Gasteiger partial charge in [0.2, 0.25) is 0 Å². The number of H-pyrrole nitrogens is 1. The Morgan fingerprint density at radius 2 is 1.88 bits per heavy atom. The van der Waals surface area contributed by atoms with Crippen LogP contribution >= 0.6 is 0 Å². The Balaban J connectivity index is 1.79. The molecule has 25 heavy (non-hydrogen) atoms. The average Bonchev–Trinajstić information content (AvgIpc) is 3.11. The van der Waals surface area contributed by atoms with Crippen molar-refractivity contribution in [3.8, 4) is 5.75 Å². The summed E-state index contributed by atoms with van der Waals surface area (Å²) in [5, 5.41) is 4.75. The van der Waals surface area contributed by atoms with E-state index in [0.29, 0.717) is 0 Å². The minimum Gasteiger partial charge on any atom is -0.497 e. The molecule has 0 bridgehead atoms. The van der Waals surface area contributed by atoms with Gasteiger partial charge in [0.05, 0.1) is 13.2 Å². The quantitative estimate of drug-likeness (QED) is 0.554. The molecule has 2 aromatic heterocycles. The summed E-state index contributed by atoms with van der Waals surface area (Å²) in [6, 6.07) is 22.5. The van der Waals surface area contributed by atoms with Gasteiger partial charge in [0.1, 0.15) is 11.4 Å². The lowest BCUT2D eigenvalue weighted by molar-refractivity contribution is 0.415. The van der Waals surface area contributed by atoms with Gasteiger partial charge >= 0.3 is 0 Å². The van der Waals surface area contributed by atoms with Crippen LogP contribution < -0.4 is 10.1 Å². The van der Waals surface area contributed by atoms with E-state index in [0.717, 1.165) is 28.0 Å². The summed E-state index contributed by atoms with van der Waals surface area (Å²) in [4.78, 5) is 7.68. The highest BCUT2D eigenvalue weighted by atomic mass is 16.5. The third-order valence-electron chi connectivity index (χ3n) is 4.31. The molecule has 1 atom stereocenters. The number of pyridine rings is 1. The number of nitrogens with one attached hydrogen (secondary N) is 2. The number of aromatic nitrogens is 2. The van der Waals surface area contributed by atoms with Gasteiger partial charge in [-0.05, 0) is 29.8 Å². The van der Waals surface area contributed by atoms with Crippen molar-refractivity contribution in [2.45, 2.75) is 6.04 Å². The van der Waals surface area contributed by atoms with Crippen molar-refractivity contribution in [2.24, 2.45) is 0 Å². The van der Waals surface area contributed by atoms with E-state index in [-0.39, 0.29) is 6.04 Å². The monoisotopic (exact) mass is 329 g/mol. The number of methoxy groups -OCH3 is 1. The van der Waals surface area contributed by atoms with Gasteiger partial charge in [-0.2, -0.15) is 0 Å². The van der Waals surface area contributed by atoms with Gasteiger partial charge in [-0.25, -0.2) is 4.98 Å². The highest BCUT2D eigenvalue weighted by molar-refractivity contribution is 5.81. The molecule has 2 N–H and O–H groups in total. The number of aromatic amines is 1. The molecule has 0 amide bonds. The van der Waals surface area contributed by atoms with E-state index < -0.39 is 0 Å². The van der Waals surface area contributed by atoms with Gasteiger partial charge in [0.25, 0.3) is 0 Å². The summed E-state index contributed by atoms with van der Waals surface area (Å²) in [5.41, 5.74) is 4.25. The maximum Gasteiger partial charge on any atom is 0.137 e. The minimum atomic E-state index is 0.00579. The van der Waals surface area contributed by atoms with Crippen LogP contribution in [-0.4, -0.2) is 17.1 Å². The zero-order valence-corrected chi connectivity index (χ0v) is 13.9. The second-order valence-corrected chi connectivity index (χ2v) is 5.86. The maximum absolute atomic E-state index is 5.35. The molecule has 0 aliphatic heterocycles. The third kappa shape index (κ3) is 3.06. The fraction of sp³-hybridized carbons (Fsp3) is 0.0952. The Morgan fingerprint density at radius 1 is 1.00 bits per heavy atom. The molecule has 2 aromatic carbocycles. The number of ether oxygens (including phenoxy) is 1. The predicted octanol–water partition coefficient (Wildman–Crippen LogP) is 4.77. The Morgan fingerprint density at radius 3 is 2.72 bits per heavy atom. The summed E-state index contributed by atoms with van der Waals surface area (Å²) in [7, 11) is 1.68. The minimum absolute atomic E-state index is 0.00579. The number of benzene rings is 2. The lowest BCUT2D eigenvalue weighted by Gasteiger charge is -2.20. The Labute approximate surface area is 146 Å². The first-order valence-electron chi connectivity index (χ1n) is 8.22. The summed E-state index contributed by atoms with van der Waals surface area (Å²) in [6.45, 7) is 0. The number of nitrogens with zero attached hydrogens (tertiary/aromatic N) is 1. The first-order chi connectivity index (χ1) is 12.3. The van der Waals surface area contributed by atoms with Crippen LogP contribution in [0.25, 0.3) is 11.0 Å². The molecule has 4 rings (SSSR count). The second kappa shape index (κ2) is 6.69. The molecular formula is C21H19N3O. The van der Waals surface area contributed by atoms with Crippen molar-refractivity contribution < 1.29 is 4.74 Å². The molecule has 0 aliphatic rings. The second-order valence-electron chi connectivity index (χ2n) is 5.86. The molecule has 0 radical (unpaired) electrons. The van der Waals surface area contributed by atoms with Gasteiger partial charge in [0, 0.05) is 35.1 Å². The molecule has 0 spiro atoms. The van der Waals surface area contributed by atoms with Crippen LogP contribution in [0.4, 0.5) is 5.69 Å². The van der Waals surface area contributed by atoms with Crippen LogP contribution in [0.15, 0.2) is 79.1 Å². The Bertz CT molecular complexity index is 979. The molecule has 2 heterocycles. The van der Waals surface area contributed by atoms with Gasteiger partial charge in [-0.15, -0.1) is 0 Å². The van der Waals surface area contributed by atoms with Crippen LogP contribution in [-0.2, 0) is 0 Å².